The Labute approximate surface area is 156 Å². The monoisotopic (exact) mass is 376 g/mol. The van der Waals surface area contributed by atoms with E-state index in [0.29, 0.717) is 16.7 Å². The Morgan fingerprint density at radius 1 is 1.04 bits per heavy atom. The van der Waals surface area contributed by atoms with Crippen LogP contribution in [0, 0.1) is 0 Å². The molecule has 2 N–H and O–H groups in total. The van der Waals surface area contributed by atoms with E-state index in [2.05, 4.69) is 6.58 Å². The van der Waals surface area contributed by atoms with E-state index in [1.165, 1.54) is 18.2 Å². The predicted molar refractivity (Wildman–Crippen MR) is 93.5 cm³/mol. The maximum Gasteiger partial charge on any atom is 2.00 e. The number of carboxylic acid groups (broad SMARTS) is 2. The Morgan fingerprint density at radius 2 is 1.68 bits per heavy atom. The third-order valence-electron chi connectivity index (χ3n) is 3.38. The minimum atomic E-state index is -1.09. The minimum Gasteiger partial charge on any atom is -0.507 e. The van der Waals surface area contributed by atoms with E-state index in [-0.39, 0.29) is 28.2 Å². The fraction of sp³-hybridized carbons (Fsp3) is 0. The summed E-state index contributed by atoms with van der Waals surface area (Å²) in [6, 6.07) is 19.4. The van der Waals surface area contributed by atoms with Crippen molar-refractivity contribution in [3.8, 4) is 11.1 Å². The molecular weight excluding hydrogens is 360 g/mol. The van der Waals surface area contributed by atoms with Crippen LogP contribution >= 0.6 is 0 Å². The summed E-state index contributed by atoms with van der Waals surface area (Å²) in [6.07, 6.45) is 1.53. The van der Waals surface area contributed by atoms with E-state index in [1.807, 2.05) is 30.3 Å². The van der Waals surface area contributed by atoms with Crippen LogP contribution in [-0.4, -0.2) is 22.2 Å². The average molecular weight is 376 g/mol. The van der Waals surface area contributed by atoms with Gasteiger partial charge in [0.15, 0.2) is 0 Å². The van der Waals surface area contributed by atoms with E-state index < -0.39 is 11.9 Å². The maximum atomic E-state index is 11.2. The van der Waals surface area contributed by atoms with Crippen LogP contribution in [0.2, 0.25) is 0 Å². The smallest absolute Gasteiger partial charge is 0.507 e. The molecule has 3 aromatic rings. The largest absolute Gasteiger partial charge is 2.00 e. The van der Waals surface area contributed by atoms with E-state index in [4.69, 9.17) is 5.11 Å². The summed E-state index contributed by atoms with van der Waals surface area (Å²) < 4.78 is 0. The summed E-state index contributed by atoms with van der Waals surface area (Å²) in [4.78, 5) is 22.4. The Hall–Kier alpha value is -2.88. The molecule has 0 aliphatic heterocycles. The van der Waals surface area contributed by atoms with Gasteiger partial charge in [-0.2, -0.15) is 18.2 Å². The van der Waals surface area contributed by atoms with Gasteiger partial charge >= 0.3 is 23.0 Å². The van der Waals surface area contributed by atoms with Gasteiger partial charge in [0, 0.05) is 5.56 Å². The van der Waals surface area contributed by atoms with Crippen molar-refractivity contribution in [2.75, 3.05) is 0 Å². The van der Waals surface area contributed by atoms with Crippen molar-refractivity contribution in [1.29, 1.82) is 0 Å². The predicted octanol–water partition coefficient (Wildman–Crippen LogP) is 4.51. The van der Waals surface area contributed by atoms with Crippen molar-refractivity contribution < 1.29 is 36.9 Å². The molecule has 0 aliphatic carbocycles. The molecule has 0 heterocycles. The van der Waals surface area contributed by atoms with Crippen LogP contribution in [0.25, 0.3) is 17.2 Å². The third kappa shape index (κ3) is 5.04. The van der Waals surface area contributed by atoms with Gasteiger partial charge in [-0.1, -0.05) is 35.4 Å². The zero-order valence-electron chi connectivity index (χ0n) is 13.2. The van der Waals surface area contributed by atoms with Crippen LogP contribution in [0.4, 0.5) is 0 Å². The number of hydrogen-bond acceptors (Lipinski definition) is 2. The molecule has 25 heavy (non-hydrogen) atoms. The molecule has 0 atom stereocenters. The molecular formula is C20H16FeO4. The molecule has 0 aliphatic rings. The molecule has 0 amide bonds. The second kappa shape index (κ2) is 9.42. The van der Waals surface area contributed by atoms with Gasteiger partial charge in [0.1, 0.15) is 0 Å². The van der Waals surface area contributed by atoms with Crippen LogP contribution in [0.1, 0.15) is 26.3 Å². The minimum absolute atomic E-state index is 0. The quantitative estimate of drug-likeness (QED) is 0.519. The fourth-order valence-corrected chi connectivity index (χ4v) is 2.27. The van der Waals surface area contributed by atoms with E-state index in [0.717, 1.165) is 0 Å². The van der Waals surface area contributed by atoms with Gasteiger partial charge in [-0.3, -0.25) is 9.59 Å². The first-order valence-electron chi connectivity index (χ1n) is 7.20. The van der Waals surface area contributed by atoms with Crippen LogP contribution < -0.4 is 0 Å². The van der Waals surface area contributed by atoms with E-state index >= 15 is 0 Å². The van der Waals surface area contributed by atoms with Crippen molar-refractivity contribution in [3.05, 3.63) is 90.0 Å². The first-order chi connectivity index (χ1) is 11.5. The summed E-state index contributed by atoms with van der Waals surface area (Å²) in [5, 5.41) is 18.3. The second-order valence-electron chi connectivity index (χ2n) is 4.94. The standard InChI is InChI=1S/C15H11O4.C5H5.Fe/c1-2-9-7-12(13(8-9)15(18)19)10-5-3-4-6-11(10)14(16)17;1-2-4-5-3-1;/h2-8H,1H2,(H,16,17)(H,18,19);1-5H;/q2*-1;+2. The molecule has 0 saturated heterocycles. The number of rotatable bonds is 4. The topological polar surface area (TPSA) is 74.6 Å². The summed E-state index contributed by atoms with van der Waals surface area (Å²) in [5.74, 6) is -2.18. The Morgan fingerprint density at radius 3 is 2.16 bits per heavy atom. The number of aromatic carboxylic acids is 2. The van der Waals surface area contributed by atoms with Gasteiger partial charge in [-0.05, 0) is 5.56 Å². The van der Waals surface area contributed by atoms with Gasteiger partial charge in [0.2, 0.25) is 0 Å². The SMILES string of the molecule is C=Cc1cc(C(=O)O)[c-](-c2ccccc2C(=O)O)c1.[Fe+2].c1cc[cH-]c1. The Kier molecular flexibility index (Phi) is 7.60. The second-order valence-corrected chi connectivity index (χ2v) is 4.94. The summed E-state index contributed by atoms with van der Waals surface area (Å²) >= 11 is 0. The molecule has 0 radical (unpaired) electrons. The summed E-state index contributed by atoms with van der Waals surface area (Å²) in [6.45, 7) is 3.59. The van der Waals surface area contributed by atoms with E-state index in [1.54, 1.807) is 24.3 Å². The summed E-state index contributed by atoms with van der Waals surface area (Å²) in [7, 11) is 0. The summed E-state index contributed by atoms with van der Waals surface area (Å²) in [5.41, 5.74) is 1.57. The zero-order chi connectivity index (χ0) is 17.5. The molecule has 0 spiro atoms. The molecule has 3 aromatic carbocycles. The Bertz CT molecular complexity index is 827. The van der Waals surface area contributed by atoms with Gasteiger partial charge < -0.3 is 10.2 Å². The molecule has 0 saturated carbocycles. The van der Waals surface area contributed by atoms with Gasteiger partial charge in [-0.25, -0.2) is 12.1 Å². The molecule has 0 bridgehead atoms. The van der Waals surface area contributed by atoms with Crippen molar-refractivity contribution in [3.63, 3.8) is 0 Å². The number of carbonyl (C=O) groups is 2. The molecule has 128 valence electrons. The normalized spacial score (nSPS) is 9.28. The van der Waals surface area contributed by atoms with Crippen molar-refractivity contribution in [2.45, 2.75) is 0 Å². The number of carboxylic acids is 2. The molecule has 4 nitrogen and oxygen atoms in total. The third-order valence-corrected chi connectivity index (χ3v) is 3.38. The number of hydrogen-bond donors (Lipinski definition) is 2. The first kappa shape index (κ1) is 20.2. The number of benzene rings is 1. The first-order valence-corrected chi connectivity index (χ1v) is 7.20. The van der Waals surface area contributed by atoms with Crippen LogP contribution in [0.15, 0.2) is 73.3 Å². The van der Waals surface area contributed by atoms with Crippen molar-refractivity contribution >= 4 is 18.0 Å². The van der Waals surface area contributed by atoms with Gasteiger partial charge in [-0.15, -0.1) is 30.3 Å². The Balaban J connectivity index is 0.000000448. The van der Waals surface area contributed by atoms with E-state index in [9.17, 15) is 14.7 Å². The molecule has 0 aromatic heterocycles. The maximum absolute atomic E-state index is 11.2. The van der Waals surface area contributed by atoms with Gasteiger partial charge in [0.05, 0.1) is 0 Å². The van der Waals surface area contributed by atoms with Crippen LogP contribution in [0.5, 0.6) is 0 Å². The van der Waals surface area contributed by atoms with Crippen molar-refractivity contribution in [1.82, 2.24) is 0 Å². The van der Waals surface area contributed by atoms with Crippen LogP contribution in [0.3, 0.4) is 0 Å². The van der Waals surface area contributed by atoms with Crippen molar-refractivity contribution in [2.24, 2.45) is 0 Å². The molecule has 0 fully saturated rings. The molecule has 5 heteroatoms. The van der Waals surface area contributed by atoms with Crippen LogP contribution in [-0.2, 0) is 17.1 Å². The van der Waals surface area contributed by atoms with Gasteiger partial charge in [0.25, 0.3) is 5.97 Å². The molecule has 3 rings (SSSR count). The molecule has 0 unspecified atom stereocenters. The zero-order valence-corrected chi connectivity index (χ0v) is 14.3. The fourth-order valence-electron chi connectivity index (χ4n) is 2.27. The average Bonchev–Trinajstić information content (AvgIpc) is 3.27.